The van der Waals surface area contributed by atoms with Crippen LogP contribution in [-0.4, -0.2) is 6.61 Å². The van der Waals surface area contributed by atoms with Crippen LogP contribution in [0.3, 0.4) is 0 Å². The van der Waals surface area contributed by atoms with Crippen molar-refractivity contribution in [1.29, 1.82) is 0 Å². The first-order valence-corrected chi connectivity index (χ1v) is 6.29. The maximum atomic E-state index is 13.1. The predicted octanol–water partition coefficient (Wildman–Crippen LogP) is 3.49. The van der Waals surface area contributed by atoms with Crippen LogP contribution in [0.2, 0.25) is 0 Å². The quantitative estimate of drug-likeness (QED) is 0.652. The molecule has 1 aliphatic heterocycles. The molecular formula is C17H13FO. The summed E-state index contributed by atoms with van der Waals surface area (Å²) in [6, 6.07) is 14.5. The summed E-state index contributed by atoms with van der Waals surface area (Å²) in [4.78, 5) is 0. The van der Waals surface area contributed by atoms with Crippen molar-refractivity contribution in [1.82, 2.24) is 0 Å². The Morgan fingerprint density at radius 2 is 2.00 bits per heavy atom. The molecule has 0 bridgehead atoms. The Labute approximate surface area is 112 Å². The van der Waals surface area contributed by atoms with Crippen LogP contribution in [0.5, 0.6) is 0 Å². The highest BCUT2D eigenvalue weighted by atomic mass is 19.1. The molecule has 2 aromatic carbocycles. The molecule has 1 unspecified atom stereocenters. The Kier molecular flexibility index (Phi) is 3.31. The molecule has 0 amide bonds. The second-order valence-electron chi connectivity index (χ2n) is 4.48. The van der Waals surface area contributed by atoms with Gasteiger partial charge in [0.2, 0.25) is 0 Å². The van der Waals surface area contributed by atoms with Crippen molar-refractivity contribution in [3.8, 4) is 11.8 Å². The molecule has 2 heteroatoms. The monoisotopic (exact) mass is 252 g/mol. The molecule has 1 atom stereocenters. The van der Waals surface area contributed by atoms with E-state index in [1.165, 1.54) is 17.7 Å². The number of fused-ring (bicyclic) bond motifs is 1. The van der Waals surface area contributed by atoms with Crippen molar-refractivity contribution in [2.45, 2.75) is 12.5 Å². The lowest BCUT2D eigenvalue weighted by Crippen LogP contribution is -2.14. The molecule has 0 aliphatic carbocycles. The lowest BCUT2D eigenvalue weighted by molar-refractivity contribution is 0.0814. The lowest BCUT2D eigenvalue weighted by Gasteiger charge is -2.21. The molecule has 0 saturated carbocycles. The third-order valence-electron chi connectivity index (χ3n) is 3.17. The van der Waals surface area contributed by atoms with Gasteiger partial charge in [0.1, 0.15) is 11.9 Å². The van der Waals surface area contributed by atoms with E-state index in [4.69, 9.17) is 4.74 Å². The SMILES string of the molecule is Fc1cccc(C#CC2OCCc3ccccc32)c1. The summed E-state index contributed by atoms with van der Waals surface area (Å²) >= 11 is 0. The van der Waals surface area contributed by atoms with E-state index in [1.807, 2.05) is 18.2 Å². The van der Waals surface area contributed by atoms with Gasteiger partial charge in [0.15, 0.2) is 0 Å². The van der Waals surface area contributed by atoms with Crippen molar-refractivity contribution < 1.29 is 9.13 Å². The van der Waals surface area contributed by atoms with Crippen molar-refractivity contribution in [3.63, 3.8) is 0 Å². The van der Waals surface area contributed by atoms with E-state index in [9.17, 15) is 4.39 Å². The molecule has 0 radical (unpaired) electrons. The molecule has 0 N–H and O–H groups in total. The molecular weight excluding hydrogens is 239 g/mol. The number of rotatable bonds is 0. The average Bonchev–Trinajstić information content (AvgIpc) is 2.45. The number of benzene rings is 2. The third kappa shape index (κ3) is 2.67. The van der Waals surface area contributed by atoms with E-state index < -0.39 is 0 Å². The van der Waals surface area contributed by atoms with Gasteiger partial charge in [0.25, 0.3) is 0 Å². The molecule has 1 heterocycles. The molecule has 1 aliphatic rings. The fourth-order valence-corrected chi connectivity index (χ4v) is 2.23. The van der Waals surface area contributed by atoms with Gasteiger partial charge < -0.3 is 4.74 Å². The minimum absolute atomic E-state index is 0.215. The van der Waals surface area contributed by atoms with Gasteiger partial charge in [-0.2, -0.15) is 0 Å². The molecule has 2 aromatic rings. The Morgan fingerprint density at radius 3 is 2.89 bits per heavy atom. The number of ether oxygens (including phenoxy) is 1. The first kappa shape index (κ1) is 12.0. The topological polar surface area (TPSA) is 9.23 Å². The highest BCUT2D eigenvalue weighted by Crippen LogP contribution is 2.26. The molecule has 19 heavy (non-hydrogen) atoms. The Balaban J connectivity index is 1.90. The van der Waals surface area contributed by atoms with Gasteiger partial charge in [0.05, 0.1) is 6.61 Å². The van der Waals surface area contributed by atoms with Crippen LogP contribution in [-0.2, 0) is 11.2 Å². The van der Waals surface area contributed by atoms with Crippen LogP contribution >= 0.6 is 0 Å². The zero-order valence-corrected chi connectivity index (χ0v) is 10.4. The minimum atomic E-state index is -0.267. The smallest absolute Gasteiger partial charge is 0.144 e. The van der Waals surface area contributed by atoms with Gasteiger partial charge in [-0.15, -0.1) is 0 Å². The van der Waals surface area contributed by atoms with Gasteiger partial charge in [-0.1, -0.05) is 42.2 Å². The molecule has 0 aromatic heterocycles. The van der Waals surface area contributed by atoms with Crippen molar-refractivity contribution >= 4 is 0 Å². The van der Waals surface area contributed by atoms with Crippen molar-refractivity contribution in [2.75, 3.05) is 6.61 Å². The lowest BCUT2D eigenvalue weighted by atomic mass is 9.98. The second kappa shape index (κ2) is 5.26. The number of hydrogen-bond acceptors (Lipinski definition) is 1. The Bertz CT molecular complexity index is 652. The second-order valence-corrected chi connectivity index (χ2v) is 4.48. The van der Waals surface area contributed by atoms with E-state index in [1.54, 1.807) is 12.1 Å². The zero-order chi connectivity index (χ0) is 13.1. The van der Waals surface area contributed by atoms with Gasteiger partial charge >= 0.3 is 0 Å². The standard InChI is InChI=1S/C17H13FO/c18-15-6-3-4-13(12-15)8-9-17-16-7-2-1-5-14(16)10-11-19-17/h1-7,12,17H,10-11H2. The summed E-state index contributed by atoms with van der Waals surface area (Å²) in [5, 5.41) is 0. The molecule has 94 valence electrons. The third-order valence-corrected chi connectivity index (χ3v) is 3.17. The fourth-order valence-electron chi connectivity index (χ4n) is 2.23. The largest absolute Gasteiger partial charge is 0.360 e. The zero-order valence-electron chi connectivity index (χ0n) is 10.4. The average molecular weight is 252 g/mol. The van der Waals surface area contributed by atoms with Crippen LogP contribution in [0.25, 0.3) is 0 Å². The van der Waals surface area contributed by atoms with E-state index in [2.05, 4.69) is 17.9 Å². The van der Waals surface area contributed by atoms with E-state index in [0.29, 0.717) is 12.2 Å². The van der Waals surface area contributed by atoms with Crippen LogP contribution in [0.4, 0.5) is 4.39 Å². The highest BCUT2D eigenvalue weighted by molar-refractivity contribution is 5.40. The minimum Gasteiger partial charge on any atom is -0.360 e. The van der Waals surface area contributed by atoms with Crippen LogP contribution < -0.4 is 0 Å². The van der Waals surface area contributed by atoms with Gasteiger partial charge in [0, 0.05) is 5.56 Å². The number of hydrogen-bond donors (Lipinski definition) is 0. The Hall–Kier alpha value is -2.11. The van der Waals surface area contributed by atoms with Gasteiger partial charge in [-0.05, 0) is 35.7 Å². The van der Waals surface area contributed by atoms with Gasteiger partial charge in [-0.25, -0.2) is 4.39 Å². The van der Waals surface area contributed by atoms with Crippen LogP contribution in [0.15, 0.2) is 48.5 Å². The van der Waals surface area contributed by atoms with Crippen molar-refractivity contribution in [3.05, 3.63) is 71.0 Å². The molecule has 0 saturated heterocycles. The fraction of sp³-hybridized carbons (Fsp3) is 0.176. The first-order chi connectivity index (χ1) is 9.33. The summed E-state index contributed by atoms with van der Waals surface area (Å²) in [5.74, 6) is 5.80. The van der Waals surface area contributed by atoms with Crippen LogP contribution in [0, 0.1) is 17.7 Å². The maximum Gasteiger partial charge on any atom is 0.144 e. The Morgan fingerprint density at radius 1 is 1.11 bits per heavy atom. The summed E-state index contributed by atoms with van der Waals surface area (Å²) in [5.41, 5.74) is 3.08. The highest BCUT2D eigenvalue weighted by Gasteiger charge is 2.17. The van der Waals surface area contributed by atoms with E-state index >= 15 is 0 Å². The van der Waals surface area contributed by atoms with E-state index in [0.717, 1.165) is 12.0 Å². The van der Waals surface area contributed by atoms with E-state index in [-0.39, 0.29) is 11.9 Å². The number of halogens is 1. The predicted molar refractivity (Wildman–Crippen MR) is 72.1 cm³/mol. The van der Waals surface area contributed by atoms with Gasteiger partial charge in [-0.3, -0.25) is 0 Å². The first-order valence-electron chi connectivity index (χ1n) is 6.29. The summed E-state index contributed by atoms with van der Waals surface area (Å²) in [6.45, 7) is 0.680. The maximum absolute atomic E-state index is 13.1. The normalized spacial score (nSPS) is 17.2. The summed E-state index contributed by atoms with van der Waals surface area (Å²) in [7, 11) is 0. The molecule has 1 nitrogen and oxygen atoms in total. The summed E-state index contributed by atoms with van der Waals surface area (Å²) < 4.78 is 18.8. The van der Waals surface area contributed by atoms with Crippen molar-refractivity contribution in [2.24, 2.45) is 0 Å². The van der Waals surface area contributed by atoms with Crippen LogP contribution in [0.1, 0.15) is 22.8 Å². The molecule has 3 rings (SSSR count). The summed E-state index contributed by atoms with van der Waals surface area (Å²) in [6.07, 6.45) is 0.710. The molecule has 0 spiro atoms. The molecule has 0 fully saturated rings.